The smallest absolute Gasteiger partial charge is 0.233 e. The molecule has 0 aromatic heterocycles. The van der Waals surface area contributed by atoms with Crippen molar-refractivity contribution >= 4 is 29.1 Å². The van der Waals surface area contributed by atoms with Gasteiger partial charge in [0, 0.05) is 17.3 Å². The summed E-state index contributed by atoms with van der Waals surface area (Å²) in [6, 6.07) is 6.78. The molecule has 2 amide bonds. The van der Waals surface area contributed by atoms with Gasteiger partial charge in [-0.1, -0.05) is 23.3 Å². The van der Waals surface area contributed by atoms with Gasteiger partial charge in [0.2, 0.25) is 11.8 Å². The highest BCUT2D eigenvalue weighted by atomic mass is 35.5. The highest BCUT2D eigenvalue weighted by Gasteiger charge is 2.10. The lowest BCUT2D eigenvalue weighted by Gasteiger charge is -2.13. The van der Waals surface area contributed by atoms with Crippen LogP contribution in [-0.4, -0.2) is 18.4 Å². The quantitative estimate of drug-likeness (QED) is 0.620. The molecule has 22 heavy (non-hydrogen) atoms. The van der Waals surface area contributed by atoms with Gasteiger partial charge in [-0.15, -0.1) is 0 Å². The molecule has 5 heteroatoms. The molecular formula is C17H21ClN2O2. The Hall–Kier alpha value is -1.81. The number of hydrogen-bond donors (Lipinski definition) is 2. The molecule has 0 unspecified atom stereocenters. The third kappa shape index (κ3) is 5.90. The van der Waals surface area contributed by atoms with Crippen LogP contribution in [0.3, 0.4) is 0 Å². The number of anilines is 1. The van der Waals surface area contributed by atoms with Gasteiger partial charge < -0.3 is 10.6 Å². The Labute approximate surface area is 135 Å². The number of carbonyl (C=O) groups excluding carboxylic acids is 2. The first-order chi connectivity index (χ1) is 10.6. The largest absolute Gasteiger partial charge is 0.355 e. The molecule has 0 atom stereocenters. The van der Waals surface area contributed by atoms with Crippen molar-refractivity contribution in [2.45, 2.75) is 38.5 Å². The van der Waals surface area contributed by atoms with Crippen molar-refractivity contribution in [2.75, 3.05) is 11.9 Å². The van der Waals surface area contributed by atoms with Crippen LogP contribution in [0, 0.1) is 0 Å². The number of carbonyl (C=O) groups is 2. The predicted octanol–water partition coefficient (Wildman–Crippen LogP) is 3.68. The zero-order chi connectivity index (χ0) is 15.8. The number of hydrogen-bond acceptors (Lipinski definition) is 2. The molecule has 1 aromatic carbocycles. The maximum Gasteiger partial charge on any atom is 0.233 e. The van der Waals surface area contributed by atoms with Gasteiger partial charge in [-0.25, -0.2) is 0 Å². The van der Waals surface area contributed by atoms with Gasteiger partial charge in [0.15, 0.2) is 0 Å². The van der Waals surface area contributed by atoms with Gasteiger partial charge in [0.1, 0.15) is 6.42 Å². The van der Waals surface area contributed by atoms with Crippen LogP contribution in [0.2, 0.25) is 5.02 Å². The van der Waals surface area contributed by atoms with Crippen LogP contribution in [0.1, 0.15) is 38.5 Å². The van der Waals surface area contributed by atoms with Crippen molar-refractivity contribution in [1.82, 2.24) is 5.32 Å². The summed E-state index contributed by atoms with van der Waals surface area (Å²) in [5, 5.41) is 6.07. The van der Waals surface area contributed by atoms with Crippen LogP contribution in [0.25, 0.3) is 0 Å². The van der Waals surface area contributed by atoms with Gasteiger partial charge in [0.05, 0.1) is 0 Å². The van der Waals surface area contributed by atoms with Crippen LogP contribution >= 0.6 is 11.6 Å². The molecule has 2 rings (SSSR count). The molecule has 0 aliphatic heterocycles. The average Bonchev–Trinajstić information content (AvgIpc) is 2.50. The van der Waals surface area contributed by atoms with Gasteiger partial charge in [-0.3, -0.25) is 9.59 Å². The third-order valence-electron chi connectivity index (χ3n) is 3.60. The van der Waals surface area contributed by atoms with Gasteiger partial charge in [-0.2, -0.15) is 0 Å². The Morgan fingerprint density at radius 2 is 1.86 bits per heavy atom. The molecule has 1 aliphatic carbocycles. The number of rotatable bonds is 6. The number of allylic oxidation sites excluding steroid dienone is 1. The van der Waals surface area contributed by atoms with Crippen LogP contribution in [0.5, 0.6) is 0 Å². The first-order valence-electron chi connectivity index (χ1n) is 7.63. The highest BCUT2D eigenvalue weighted by Crippen LogP contribution is 2.19. The second kappa shape index (κ2) is 8.59. The minimum atomic E-state index is -0.322. The fraction of sp³-hybridized carbons (Fsp3) is 0.412. The Bertz CT molecular complexity index is 552. The van der Waals surface area contributed by atoms with Crippen molar-refractivity contribution in [1.29, 1.82) is 0 Å². The van der Waals surface area contributed by atoms with E-state index in [2.05, 4.69) is 16.7 Å². The zero-order valence-corrected chi connectivity index (χ0v) is 13.3. The Balaban J connectivity index is 1.66. The van der Waals surface area contributed by atoms with Crippen molar-refractivity contribution in [2.24, 2.45) is 0 Å². The van der Waals surface area contributed by atoms with E-state index in [0.717, 1.165) is 19.3 Å². The van der Waals surface area contributed by atoms with E-state index in [4.69, 9.17) is 11.6 Å². The Morgan fingerprint density at radius 3 is 2.55 bits per heavy atom. The van der Waals surface area contributed by atoms with E-state index in [1.54, 1.807) is 24.3 Å². The molecule has 4 nitrogen and oxygen atoms in total. The molecule has 118 valence electrons. The minimum Gasteiger partial charge on any atom is -0.355 e. The molecule has 1 aromatic rings. The third-order valence-corrected chi connectivity index (χ3v) is 3.85. The van der Waals surface area contributed by atoms with E-state index < -0.39 is 0 Å². The van der Waals surface area contributed by atoms with E-state index >= 15 is 0 Å². The van der Waals surface area contributed by atoms with E-state index in [1.165, 1.54) is 18.4 Å². The fourth-order valence-corrected chi connectivity index (χ4v) is 2.57. The SMILES string of the molecule is O=C(CC(=O)Nc1ccc(Cl)cc1)NCCC1=CCCCC1. The number of benzene rings is 1. The second-order valence-corrected chi connectivity index (χ2v) is 5.88. The Morgan fingerprint density at radius 1 is 1.09 bits per heavy atom. The summed E-state index contributed by atoms with van der Waals surface area (Å²) in [5.74, 6) is -0.570. The first kappa shape index (κ1) is 16.6. The number of amides is 2. The van der Waals surface area contributed by atoms with Gasteiger partial charge in [-0.05, 0) is 56.4 Å². The van der Waals surface area contributed by atoms with E-state index in [1.807, 2.05) is 0 Å². The maximum absolute atomic E-state index is 11.8. The van der Waals surface area contributed by atoms with Crippen molar-refractivity contribution in [3.8, 4) is 0 Å². The standard InChI is InChI=1S/C17H21ClN2O2/c18-14-6-8-15(9-7-14)20-17(22)12-16(21)19-11-10-13-4-2-1-3-5-13/h4,6-9H,1-3,5,10-12H2,(H,19,21)(H,20,22). The van der Waals surface area contributed by atoms with Gasteiger partial charge in [0.25, 0.3) is 0 Å². The van der Waals surface area contributed by atoms with E-state index in [0.29, 0.717) is 17.3 Å². The monoisotopic (exact) mass is 320 g/mol. The topological polar surface area (TPSA) is 58.2 Å². The highest BCUT2D eigenvalue weighted by molar-refractivity contribution is 6.30. The molecular weight excluding hydrogens is 300 g/mol. The summed E-state index contributed by atoms with van der Waals surface area (Å²) in [6.45, 7) is 0.596. The van der Waals surface area contributed by atoms with Crippen molar-refractivity contribution in [3.63, 3.8) is 0 Å². The fourth-order valence-electron chi connectivity index (χ4n) is 2.44. The lowest BCUT2D eigenvalue weighted by atomic mass is 9.97. The lowest BCUT2D eigenvalue weighted by Crippen LogP contribution is -2.29. The molecule has 0 radical (unpaired) electrons. The maximum atomic E-state index is 11.8. The molecule has 1 aliphatic rings. The Kier molecular flexibility index (Phi) is 6.46. The summed E-state index contributed by atoms with van der Waals surface area (Å²) in [4.78, 5) is 23.5. The summed E-state index contributed by atoms with van der Waals surface area (Å²) in [5.41, 5.74) is 2.05. The normalized spacial score (nSPS) is 14.1. The second-order valence-electron chi connectivity index (χ2n) is 5.44. The molecule has 0 saturated heterocycles. The minimum absolute atomic E-state index is 0.165. The lowest BCUT2D eigenvalue weighted by molar-refractivity contribution is -0.126. The van der Waals surface area contributed by atoms with E-state index in [-0.39, 0.29) is 18.2 Å². The van der Waals surface area contributed by atoms with Gasteiger partial charge >= 0.3 is 0 Å². The average molecular weight is 321 g/mol. The predicted molar refractivity (Wildman–Crippen MR) is 88.9 cm³/mol. The number of halogens is 1. The molecule has 2 N–H and O–H groups in total. The number of nitrogens with one attached hydrogen (secondary N) is 2. The van der Waals surface area contributed by atoms with E-state index in [9.17, 15) is 9.59 Å². The summed E-state index contributed by atoms with van der Waals surface area (Å²) in [6.07, 6.45) is 7.76. The van der Waals surface area contributed by atoms with Crippen molar-refractivity contribution in [3.05, 3.63) is 40.9 Å². The summed E-state index contributed by atoms with van der Waals surface area (Å²) >= 11 is 5.77. The van der Waals surface area contributed by atoms with Crippen LogP contribution in [-0.2, 0) is 9.59 Å². The van der Waals surface area contributed by atoms with Crippen molar-refractivity contribution < 1.29 is 9.59 Å². The molecule has 0 heterocycles. The zero-order valence-electron chi connectivity index (χ0n) is 12.5. The summed E-state index contributed by atoms with van der Waals surface area (Å²) in [7, 11) is 0. The first-order valence-corrected chi connectivity index (χ1v) is 8.01. The summed E-state index contributed by atoms with van der Waals surface area (Å²) < 4.78 is 0. The van der Waals surface area contributed by atoms with Crippen LogP contribution in [0.15, 0.2) is 35.9 Å². The van der Waals surface area contributed by atoms with Crippen LogP contribution < -0.4 is 10.6 Å². The molecule has 0 fully saturated rings. The molecule has 0 saturated carbocycles. The molecule has 0 spiro atoms. The van der Waals surface area contributed by atoms with Crippen LogP contribution in [0.4, 0.5) is 5.69 Å². The molecule has 0 bridgehead atoms.